The van der Waals surface area contributed by atoms with Gasteiger partial charge in [-0.25, -0.2) is 4.39 Å². The van der Waals surface area contributed by atoms with Gasteiger partial charge in [0.1, 0.15) is 5.82 Å². The van der Waals surface area contributed by atoms with E-state index in [1.165, 1.54) is 18.4 Å². The van der Waals surface area contributed by atoms with E-state index in [0.29, 0.717) is 6.04 Å². The third kappa shape index (κ3) is 3.53. The summed E-state index contributed by atoms with van der Waals surface area (Å²) in [4.78, 5) is 0. The van der Waals surface area contributed by atoms with Crippen LogP contribution >= 0.6 is 0 Å². The van der Waals surface area contributed by atoms with Crippen molar-refractivity contribution in [3.05, 3.63) is 35.6 Å². The molecule has 18 heavy (non-hydrogen) atoms. The summed E-state index contributed by atoms with van der Waals surface area (Å²) in [7, 11) is 0. The molecule has 1 fully saturated rings. The van der Waals surface area contributed by atoms with E-state index in [0.717, 1.165) is 19.6 Å². The van der Waals surface area contributed by atoms with Crippen LogP contribution < -0.4 is 10.6 Å². The van der Waals surface area contributed by atoms with Gasteiger partial charge in [-0.3, -0.25) is 0 Å². The number of hydrogen-bond donors (Lipinski definition) is 2. The number of piperidine rings is 1. The Hall–Kier alpha value is -0.930. The second-order valence-electron chi connectivity index (χ2n) is 5.80. The quantitative estimate of drug-likeness (QED) is 0.857. The molecule has 2 N–H and O–H groups in total. The van der Waals surface area contributed by atoms with Crippen LogP contribution in [0.15, 0.2) is 24.3 Å². The lowest BCUT2D eigenvalue weighted by molar-refractivity contribution is 0.351. The minimum absolute atomic E-state index is 0.0403. The van der Waals surface area contributed by atoms with E-state index >= 15 is 0 Å². The third-order valence-corrected chi connectivity index (χ3v) is 3.80. The lowest BCUT2D eigenvalue weighted by atomic mass is 9.84. The Labute approximate surface area is 109 Å². The largest absolute Gasteiger partial charge is 0.317 e. The van der Waals surface area contributed by atoms with E-state index in [9.17, 15) is 4.39 Å². The molecule has 1 aromatic rings. The average Bonchev–Trinajstić information content (AvgIpc) is 2.38. The zero-order valence-electron chi connectivity index (χ0n) is 11.3. The Morgan fingerprint density at radius 1 is 1.22 bits per heavy atom. The van der Waals surface area contributed by atoms with Crippen LogP contribution in [0.2, 0.25) is 0 Å². The van der Waals surface area contributed by atoms with E-state index in [4.69, 9.17) is 0 Å². The van der Waals surface area contributed by atoms with Crippen molar-refractivity contribution < 1.29 is 4.39 Å². The Morgan fingerprint density at radius 2 is 1.83 bits per heavy atom. The van der Waals surface area contributed by atoms with Crippen LogP contribution in [0.5, 0.6) is 0 Å². The Morgan fingerprint density at radius 3 is 2.44 bits per heavy atom. The first-order valence-corrected chi connectivity index (χ1v) is 6.78. The fraction of sp³-hybridized carbons (Fsp3) is 0.600. The van der Waals surface area contributed by atoms with Crippen molar-refractivity contribution in [1.29, 1.82) is 0 Å². The molecule has 100 valence electrons. The molecule has 0 aliphatic carbocycles. The minimum Gasteiger partial charge on any atom is -0.317 e. The van der Waals surface area contributed by atoms with Crippen molar-refractivity contribution >= 4 is 0 Å². The first-order chi connectivity index (χ1) is 8.58. The summed E-state index contributed by atoms with van der Waals surface area (Å²) in [6, 6.07) is 7.48. The number of nitrogens with one attached hydrogen (secondary N) is 2. The minimum atomic E-state index is -0.166. The molecular weight excluding hydrogens is 227 g/mol. The number of halogens is 1. The summed E-state index contributed by atoms with van der Waals surface area (Å²) in [6.07, 6.45) is 2.39. The first kappa shape index (κ1) is 13.5. The average molecular weight is 250 g/mol. The topological polar surface area (TPSA) is 24.1 Å². The van der Waals surface area contributed by atoms with Crippen LogP contribution in [0.25, 0.3) is 0 Å². The Bertz CT molecular complexity index is 367. The lowest BCUT2D eigenvalue weighted by Gasteiger charge is -2.31. The van der Waals surface area contributed by atoms with Gasteiger partial charge in [-0.2, -0.15) is 0 Å². The fourth-order valence-electron chi connectivity index (χ4n) is 2.43. The van der Waals surface area contributed by atoms with Crippen molar-refractivity contribution in [3.8, 4) is 0 Å². The van der Waals surface area contributed by atoms with Gasteiger partial charge < -0.3 is 10.6 Å². The molecular formula is C15H23FN2. The zero-order valence-corrected chi connectivity index (χ0v) is 11.3. The molecule has 0 aromatic heterocycles. The maximum absolute atomic E-state index is 12.9. The second kappa shape index (κ2) is 5.81. The molecule has 0 atom stereocenters. The Balaban J connectivity index is 1.91. The molecule has 0 spiro atoms. The summed E-state index contributed by atoms with van der Waals surface area (Å²) >= 11 is 0. The monoisotopic (exact) mass is 250 g/mol. The molecule has 0 saturated carbocycles. The fourth-order valence-corrected chi connectivity index (χ4v) is 2.43. The van der Waals surface area contributed by atoms with E-state index in [1.54, 1.807) is 12.1 Å². The van der Waals surface area contributed by atoms with Crippen LogP contribution in [0.3, 0.4) is 0 Å². The molecule has 0 bridgehead atoms. The molecule has 1 aliphatic heterocycles. The molecule has 1 saturated heterocycles. The van der Waals surface area contributed by atoms with Gasteiger partial charge in [0, 0.05) is 18.0 Å². The van der Waals surface area contributed by atoms with Crippen molar-refractivity contribution in [3.63, 3.8) is 0 Å². The first-order valence-electron chi connectivity index (χ1n) is 6.78. The van der Waals surface area contributed by atoms with Crippen molar-refractivity contribution in [2.75, 3.05) is 19.6 Å². The van der Waals surface area contributed by atoms with Gasteiger partial charge in [-0.15, -0.1) is 0 Å². The number of hydrogen-bond acceptors (Lipinski definition) is 2. The summed E-state index contributed by atoms with van der Waals surface area (Å²) in [5.74, 6) is -0.166. The van der Waals surface area contributed by atoms with E-state index in [-0.39, 0.29) is 11.2 Å². The molecule has 2 rings (SSSR count). The standard InChI is InChI=1S/C15H23FN2/c1-15(2,12-3-5-13(16)6-4-12)11-18-14-7-9-17-10-8-14/h3-6,14,17-18H,7-11H2,1-2H3. The summed E-state index contributed by atoms with van der Waals surface area (Å²) in [5, 5.41) is 7.01. The number of benzene rings is 1. The summed E-state index contributed by atoms with van der Waals surface area (Å²) in [6.45, 7) is 7.55. The summed E-state index contributed by atoms with van der Waals surface area (Å²) in [5.41, 5.74) is 1.23. The van der Waals surface area contributed by atoms with Crippen LogP contribution in [-0.2, 0) is 5.41 Å². The van der Waals surface area contributed by atoms with Crippen LogP contribution in [-0.4, -0.2) is 25.7 Å². The highest BCUT2D eigenvalue weighted by atomic mass is 19.1. The van der Waals surface area contributed by atoms with E-state index < -0.39 is 0 Å². The van der Waals surface area contributed by atoms with Crippen molar-refractivity contribution in [2.45, 2.75) is 38.1 Å². The predicted octanol–water partition coefficient (Wildman–Crippen LogP) is 2.44. The van der Waals surface area contributed by atoms with Crippen molar-refractivity contribution in [1.82, 2.24) is 10.6 Å². The SMILES string of the molecule is CC(C)(CNC1CCNCC1)c1ccc(F)cc1. The van der Waals surface area contributed by atoms with Crippen LogP contribution in [0.4, 0.5) is 4.39 Å². The van der Waals surface area contributed by atoms with Gasteiger partial charge in [0.05, 0.1) is 0 Å². The molecule has 1 heterocycles. The van der Waals surface area contributed by atoms with Crippen LogP contribution in [0.1, 0.15) is 32.3 Å². The maximum Gasteiger partial charge on any atom is 0.123 e. The third-order valence-electron chi connectivity index (χ3n) is 3.80. The van der Waals surface area contributed by atoms with Gasteiger partial charge in [0.15, 0.2) is 0 Å². The van der Waals surface area contributed by atoms with Crippen molar-refractivity contribution in [2.24, 2.45) is 0 Å². The normalized spacial score (nSPS) is 17.9. The smallest absolute Gasteiger partial charge is 0.123 e. The van der Waals surface area contributed by atoms with Gasteiger partial charge in [-0.1, -0.05) is 26.0 Å². The molecule has 0 unspecified atom stereocenters. The second-order valence-corrected chi connectivity index (χ2v) is 5.80. The molecule has 1 aliphatic rings. The van der Waals surface area contributed by atoms with Gasteiger partial charge in [-0.05, 0) is 43.6 Å². The summed E-state index contributed by atoms with van der Waals surface area (Å²) < 4.78 is 12.9. The van der Waals surface area contributed by atoms with E-state index in [1.807, 2.05) is 12.1 Å². The van der Waals surface area contributed by atoms with Gasteiger partial charge in [0.25, 0.3) is 0 Å². The molecule has 0 amide bonds. The number of rotatable bonds is 4. The zero-order chi connectivity index (χ0) is 13.0. The molecule has 0 radical (unpaired) electrons. The predicted molar refractivity (Wildman–Crippen MR) is 73.3 cm³/mol. The van der Waals surface area contributed by atoms with E-state index in [2.05, 4.69) is 24.5 Å². The highest BCUT2D eigenvalue weighted by molar-refractivity contribution is 5.24. The molecule has 2 nitrogen and oxygen atoms in total. The van der Waals surface area contributed by atoms with Gasteiger partial charge in [0.2, 0.25) is 0 Å². The highest BCUT2D eigenvalue weighted by Crippen LogP contribution is 2.23. The van der Waals surface area contributed by atoms with Gasteiger partial charge >= 0.3 is 0 Å². The molecule has 1 aromatic carbocycles. The maximum atomic E-state index is 12.9. The van der Waals surface area contributed by atoms with Crippen LogP contribution in [0, 0.1) is 5.82 Å². The Kier molecular flexibility index (Phi) is 4.36. The molecule has 3 heteroatoms. The highest BCUT2D eigenvalue weighted by Gasteiger charge is 2.22. The lowest BCUT2D eigenvalue weighted by Crippen LogP contribution is -2.44.